The van der Waals surface area contributed by atoms with Crippen molar-refractivity contribution >= 4 is 0 Å². The van der Waals surface area contributed by atoms with E-state index in [9.17, 15) is 0 Å². The van der Waals surface area contributed by atoms with Gasteiger partial charge < -0.3 is 9.15 Å². The van der Waals surface area contributed by atoms with Crippen molar-refractivity contribution in [3.8, 4) is 0 Å². The molecule has 0 aliphatic carbocycles. The third kappa shape index (κ3) is 2.68. The van der Waals surface area contributed by atoms with Gasteiger partial charge in [0.15, 0.2) is 0 Å². The van der Waals surface area contributed by atoms with Crippen molar-refractivity contribution in [2.75, 3.05) is 20.9 Å². The van der Waals surface area contributed by atoms with E-state index in [2.05, 4.69) is 0 Å². The van der Waals surface area contributed by atoms with Crippen molar-refractivity contribution in [3.05, 3.63) is 23.7 Å². The molecule has 0 fully saturated rings. The summed E-state index contributed by atoms with van der Waals surface area (Å²) in [6.07, 6.45) is 0. The Labute approximate surface area is 72.9 Å². The fraction of sp³-hybridized carbons (Fsp3) is 0.556. The number of aryl methyl sites for hydroxylation is 1. The summed E-state index contributed by atoms with van der Waals surface area (Å²) in [5, 5.41) is 0. The number of rotatable bonds is 4. The van der Waals surface area contributed by atoms with E-state index >= 15 is 0 Å². The Morgan fingerprint density at radius 1 is 1.50 bits per heavy atom. The summed E-state index contributed by atoms with van der Waals surface area (Å²) in [4.78, 5) is 2.04. The lowest BCUT2D eigenvalue weighted by Crippen LogP contribution is -2.19. The molecule has 1 aromatic heterocycles. The Morgan fingerprint density at radius 2 is 2.25 bits per heavy atom. The fourth-order valence-electron chi connectivity index (χ4n) is 1.10. The summed E-state index contributed by atoms with van der Waals surface area (Å²) in [6.45, 7) is 3.36. The molecule has 0 saturated heterocycles. The van der Waals surface area contributed by atoms with Gasteiger partial charge in [-0.2, -0.15) is 0 Å². The first kappa shape index (κ1) is 9.29. The second-order valence-electron chi connectivity index (χ2n) is 2.94. The molecule has 1 heterocycles. The summed E-state index contributed by atoms with van der Waals surface area (Å²) < 4.78 is 10.4. The van der Waals surface area contributed by atoms with Gasteiger partial charge in [-0.05, 0) is 26.1 Å². The van der Waals surface area contributed by atoms with Crippen LogP contribution in [-0.2, 0) is 11.3 Å². The maximum absolute atomic E-state index is 5.40. The van der Waals surface area contributed by atoms with E-state index in [1.54, 1.807) is 7.11 Å². The number of hydrogen-bond acceptors (Lipinski definition) is 3. The number of methoxy groups -OCH3 is 1. The van der Waals surface area contributed by atoms with Gasteiger partial charge in [0.1, 0.15) is 11.5 Å². The predicted octanol–water partition coefficient (Wildman–Crippen LogP) is 1.62. The lowest BCUT2D eigenvalue weighted by atomic mass is 10.4. The number of ether oxygens (including phenoxy) is 1. The van der Waals surface area contributed by atoms with Crippen LogP contribution in [0.3, 0.4) is 0 Å². The van der Waals surface area contributed by atoms with Crippen LogP contribution < -0.4 is 0 Å². The highest BCUT2D eigenvalue weighted by Crippen LogP contribution is 2.07. The minimum Gasteiger partial charge on any atom is -0.465 e. The maximum Gasteiger partial charge on any atom is 0.118 e. The minimum atomic E-state index is 0.625. The Kier molecular flexibility index (Phi) is 3.31. The monoisotopic (exact) mass is 169 g/mol. The van der Waals surface area contributed by atoms with E-state index in [0.717, 1.165) is 18.1 Å². The van der Waals surface area contributed by atoms with Crippen molar-refractivity contribution in [2.45, 2.75) is 13.5 Å². The van der Waals surface area contributed by atoms with Crippen molar-refractivity contribution in [2.24, 2.45) is 0 Å². The molecule has 1 rings (SSSR count). The van der Waals surface area contributed by atoms with Crippen LogP contribution in [0.2, 0.25) is 0 Å². The van der Waals surface area contributed by atoms with Crippen LogP contribution in [-0.4, -0.2) is 25.8 Å². The topological polar surface area (TPSA) is 25.6 Å². The van der Waals surface area contributed by atoms with E-state index in [0.29, 0.717) is 6.73 Å². The molecule has 0 bridgehead atoms. The highest BCUT2D eigenvalue weighted by atomic mass is 16.5. The van der Waals surface area contributed by atoms with Crippen LogP contribution in [0.15, 0.2) is 16.5 Å². The smallest absolute Gasteiger partial charge is 0.118 e. The van der Waals surface area contributed by atoms with E-state index in [-0.39, 0.29) is 0 Å². The summed E-state index contributed by atoms with van der Waals surface area (Å²) in [6, 6.07) is 3.96. The molecule has 3 nitrogen and oxygen atoms in total. The van der Waals surface area contributed by atoms with Crippen molar-refractivity contribution in [3.63, 3.8) is 0 Å². The SMILES string of the molecule is COCN(C)Cc1ccc(C)o1. The van der Waals surface area contributed by atoms with Gasteiger partial charge in [0.25, 0.3) is 0 Å². The molecule has 3 heteroatoms. The van der Waals surface area contributed by atoms with Crippen molar-refractivity contribution in [1.29, 1.82) is 0 Å². The van der Waals surface area contributed by atoms with E-state index in [4.69, 9.17) is 9.15 Å². The van der Waals surface area contributed by atoms with Crippen molar-refractivity contribution < 1.29 is 9.15 Å². The molecule has 68 valence electrons. The molecule has 0 amide bonds. The van der Waals surface area contributed by atoms with Gasteiger partial charge >= 0.3 is 0 Å². The molecule has 0 aromatic carbocycles. The van der Waals surface area contributed by atoms with Crippen LogP contribution in [0.1, 0.15) is 11.5 Å². The van der Waals surface area contributed by atoms with E-state index in [1.807, 2.05) is 31.0 Å². The second-order valence-corrected chi connectivity index (χ2v) is 2.94. The maximum atomic E-state index is 5.40. The fourth-order valence-corrected chi connectivity index (χ4v) is 1.10. The third-order valence-electron chi connectivity index (χ3n) is 1.57. The zero-order chi connectivity index (χ0) is 8.97. The summed E-state index contributed by atoms with van der Waals surface area (Å²) in [7, 11) is 3.67. The summed E-state index contributed by atoms with van der Waals surface area (Å²) in [5.74, 6) is 1.93. The summed E-state index contributed by atoms with van der Waals surface area (Å²) in [5.41, 5.74) is 0. The number of nitrogens with zero attached hydrogens (tertiary/aromatic N) is 1. The van der Waals surface area contributed by atoms with Gasteiger partial charge in [-0.25, -0.2) is 0 Å². The zero-order valence-corrected chi connectivity index (χ0v) is 7.83. The van der Waals surface area contributed by atoms with E-state index < -0.39 is 0 Å². The molecular formula is C9H15NO2. The predicted molar refractivity (Wildman–Crippen MR) is 46.8 cm³/mol. The van der Waals surface area contributed by atoms with Crippen LogP contribution in [0.4, 0.5) is 0 Å². The van der Waals surface area contributed by atoms with E-state index in [1.165, 1.54) is 0 Å². The third-order valence-corrected chi connectivity index (χ3v) is 1.57. The highest BCUT2D eigenvalue weighted by Gasteiger charge is 2.02. The first-order chi connectivity index (χ1) is 5.72. The Morgan fingerprint density at radius 3 is 2.75 bits per heavy atom. The van der Waals surface area contributed by atoms with Gasteiger partial charge in [0.05, 0.1) is 13.3 Å². The molecule has 0 unspecified atom stereocenters. The van der Waals surface area contributed by atoms with Gasteiger partial charge in [-0.3, -0.25) is 4.90 Å². The van der Waals surface area contributed by atoms with Gasteiger partial charge in [0, 0.05) is 7.11 Å². The number of hydrogen-bond donors (Lipinski definition) is 0. The molecular weight excluding hydrogens is 154 g/mol. The molecule has 0 aliphatic rings. The van der Waals surface area contributed by atoms with Gasteiger partial charge in [-0.1, -0.05) is 0 Å². The molecule has 0 atom stereocenters. The molecule has 1 aromatic rings. The largest absolute Gasteiger partial charge is 0.465 e. The van der Waals surface area contributed by atoms with Crippen molar-refractivity contribution in [1.82, 2.24) is 4.90 Å². The Balaban J connectivity index is 2.41. The standard InChI is InChI=1S/C9H15NO2/c1-8-4-5-9(12-8)6-10(2)7-11-3/h4-5H,6-7H2,1-3H3. The lowest BCUT2D eigenvalue weighted by Gasteiger charge is -2.12. The van der Waals surface area contributed by atoms with Gasteiger partial charge in [-0.15, -0.1) is 0 Å². The minimum absolute atomic E-state index is 0.625. The molecule has 0 spiro atoms. The quantitative estimate of drug-likeness (QED) is 0.640. The molecule has 0 N–H and O–H groups in total. The Bertz CT molecular complexity index is 232. The molecule has 0 radical (unpaired) electrons. The highest BCUT2D eigenvalue weighted by molar-refractivity contribution is 5.05. The molecule has 0 saturated carbocycles. The average molecular weight is 169 g/mol. The average Bonchev–Trinajstić information content (AvgIpc) is 2.36. The molecule has 12 heavy (non-hydrogen) atoms. The molecule has 0 aliphatic heterocycles. The number of furan rings is 1. The Hall–Kier alpha value is -0.800. The normalized spacial score (nSPS) is 11.0. The first-order valence-electron chi connectivity index (χ1n) is 3.95. The first-order valence-corrected chi connectivity index (χ1v) is 3.95. The van der Waals surface area contributed by atoms with Gasteiger partial charge in [0.2, 0.25) is 0 Å². The van der Waals surface area contributed by atoms with Crippen LogP contribution >= 0.6 is 0 Å². The summed E-state index contributed by atoms with van der Waals surface area (Å²) >= 11 is 0. The van der Waals surface area contributed by atoms with Crippen LogP contribution in [0.5, 0.6) is 0 Å². The lowest BCUT2D eigenvalue weighted by molar-refractivity contribution is 0.0726. The zero-order valence-electron chi connectivity index (χ0n) is 7.83. The second kappa shape index (κ2) is 4.28. The van der Waals surface area contributed by atoms with Crippen LogP contribution in [0, 0.1) is 6.92 Å². The van der Waals surface area contributed by atoms with Crippen LogP contribution in [0.25, 0.3) is 0 Å².